The highest BCUT2D eigenvalue weighted by Gasteiger charge is 2.27. The number of aromatic nitrogens is 3. The fourth-order valence-corrected chi connectivity index (χ4v) is 3.10. The summed E-state index contributed by atoms with van der Waals surface area (Å²) in [4.78, 5) is 40.1. The van der Waals surface area contributed by atoms with E-state index in [9.17, 15) is 14.4 Å². The Bertz CT molecular complexity index is 921. The number of amides is 2. The molecule has 3 heterocycles. The number of Topliss-reactive ketones (excluding diaryl/α,β-unsaturated/α-hetero) is 1. The van der Waals surface area contributed by atoms with Crippen LogP contribution in [0.4, 0.5) is 0 Å². The number of hydrogen-bond acceptors (Lipinski definition) is 6. The summed E-state index contributed by atoms with van der Waals surface area (Å²) < 4.78 is 1.40. The number of pyridine rings is 1. The molecule has 0 fully saturated rings. The lowest BCUT2D eigenvalue weighted by Gasteiger charge is -2.16. The minimum atomic E-state index is -1.09. The Kier molecular flexibility index (Phi) is 5.18. The number of nitrogens with two attached hydrogens (primary N) is 1. The molecule has 0 aliphatic carbocycles. The van der Waals surface area contributed by atoms with Crippen molar-refractivity contribution in [1.29, 1.82) is 0 Å². The van der Waals surface area contributed by atoms with E-state index in [1.54, 1.807) is 24.5 Å². The Morgan fingerprint density at radius 3 is 2.73 bits per heavy atom. The van der Waals surface area contributed by atoms with Crippen molar-refractivity contribution in [2.24, 2.45) is 5.73 Å². The lowest BCUT2D eigenvalue weighted by Crippen LogP contribution is -2.47. The molecule has 26 heavy (non-hydrogen) atoms. The normalized spacial score (nSPS) is 11.7. The van der Waals surface area contributed by atoms with Crippen LogP contribution in [0.15, 0.2) is 53.6 Å². The SMILES string of the molecule is NC(=O)C(=O)C(Cc1ccsc1)NC(=O)c1ccnn1-c1cccnc1. The van der Waals surface area contributed by atoms with Crippen LogP contribution in [0.25, 0.3) is 5.69 Å². The molecule has 3 rings (SSSR count). The van der Waals surface area contributed by atoms with E-state index in [-0.39, 0.29) is 12.1 Å². The standard InChI is InChI=1S/C17H15N5O3S/c18-16(24)15(23)13(8-11-4-7-26-10-11)21-17(25)14-3-6-20-22(14)12-2-1-5-19-9-12/h1-7,9-10,13H,8H2,(H2,18,24)(H,21,25). The molecule has 0 aliphatic rings. The second-order valence-electron chi connectivity index (χ2n) is 5.43. The van der Waals surface area contributed by atoms with E-state index in [1.165, 1.54) is 28.3 Å². The summed E-state index contributed by atoms with van der Waals surface area (Å²) in [7, 11) is 0. The molecule has 3 aromatic heterocycles. The zero-order valence-corrected chi connectivity index (χ0v) is 14.3. The van der Waals surface area contributed by atoms with E-state index in [1.807, 2.05) is 16.8 Å². The summed E-state index contributed by atoms with van der Waals surface area (Å²) in [6, 6.07) is 5.74. The molecular weight excluding hydrogens is 354 g/mol. The Hall–Kier alpha value is -3.33. The Morgan fingerprint density at radius 1 is 1.23 bits per heavy atom. The van der Waals surface area contributed by atoms with Gasteiger partial charge in [-0.3, -0.25) is 19.4 Å². The quantitative estimate of drug-likeness (QED) is 0.595. The molecule has 0 aromatic carbocycles. The number of rotatable bonds is 7. The summed E-state index contributed by atoms with van der Waals surface area (Å²) in [6.45, 7) is 0. The molecule has 3 aromatic rings. The Morgan fingerprint density at radius 2 is 2.08 bits per heavy atom. The van der Waals surface area contributed by atoms with Crippen LogP contribution in [0.2, 0.25) is 0 Å². The first-order valence-electron chi connectivity index (χ1n) is 7.66. The second kappa shape index (κ2) is 7.70. The van der Waals surface area contributed by atoms with Crippen molar-refractivity contribution >= 4 is 28.9 Å². The van der Waals surface area contributed by atoms with E-state index in [2.05, 4.69) is 15.4 Å². The third-order valence-corrected chi connectivity index (χ3v) is 4.38. The fraction of sp³-hybridized carbons (Fsp3) is 0.118. The highest BCUT2D eigenvalue weighted by molar-refractivity contribution is 7.07. The average molecular weight is 369 g/mol. The van der Waals surface area contributed by atoms with Crippen LogP contribution in [0.3, 0.4) is 0 Å². The molecule has 0 aliphatic heterocycles. The van der Waals surface area contributed by atoms with E-state index >= 15 is 0 Å². The van der Waals surface area contributed by atoms with Gasteiger partial charge in [-0.25, -0.2) is 4.68 Å². The van der Waals surface area contributed by atoms with Crippen LogP contribution < -0.4 is 11.1 Å². The van der Waals surface area contributed by atoms with Crippen molar-refractivity contribution in [2.45, 2.75) is 12.5 Å². The first-order valence-corrected chi connectivity index (χ1v) is 8.60. The van der Waals surface area contributed by atoms with Crippen LogP contribution in [-0.4, -0.2) is 38.4 Å². The zero-order chi connectivity index (χ0) is 18.5. The highest BCUT2D eigenvalue weighted by atomic mass is 32.1. The van der Waals surface area contributed by atoms with Crippen molar-refractivity contribution < 1.29 is 14.4 Å². The maximum absolute atomic E-state index is 12.7. The highest BCUT2D eigenvalue weighted by Crippen LogP contribution is 2.12. The minimum Gasteiger partial charge on any atom is -0.363 e. The lowest BCUT2D eigenvalue weighted by molar-refractivity contribution is -0.137. The number of carbonyl (C=O) groups excluding carboxylic acids is 3. The van der Waals surface area contributed by atoms with Gasteiger partial charge < -0.3 is 11.1 Å². The predicted molar refractivity (Wildman–Crippen MR) is 94.8 cm³/mol. The number of thiophene rings is 1. The molecule has 9 heteroatoms. The first-order chi connectivity index (χ1) is 12.6. The number of primary amides is 1. The fourth-order valence-electron chi connectivity index (χ4n) is 2.42. The molecule has 1 unspecified atom stereocenters. The molecule has 8 nitrogen and oxygen atoms in total. The predicted octanol–water partition coefficient (Wildman–Crippen LogP) is 0.724. The summed E-state index contributed by atoms with van der Waals surface area (Å²) in [5.74, 6) is -2.48. The van der Waals surface area contributed by atoms with Crippen molar-refractivity contribution in [1.82, 2.24) is 20.1 Å². The van der Waals surface area contributed by atoms with E-state index in [0.717, 1.165) is 5.56 Å². The van der Waals surface area contributed by atoms with Crippen LogP contribution in [0, 0.1) is 0 Å². The van der Waals surface area contributed by atoms with Gasteiger partial charge in [-0.05, 0) is 40.6 Å². The Balaban J connectivity index is 1.83. The van der Waals surface area contributed by atoms with Crippen molar-refractivity contribution in [2.75, 3.05) is 0 Å². The average Bonchev–Trinajstić information content (AvgIpc) is 3.32. The maximum Gasteiger partial charge on any atom is 0.287 e. The molecule has 0 saturated carbocycles. The molecule has 0 bridgehead atoms. The zero-order valence-electron chi connectivity index (χ0n) is 13.5. The van der Waals surface area contributed by atoms with E-state index in [0.29, 0.717) is 5.69 Å². The van der Waals surface area contributed by atoms with Crippen LogP contribution in [-0.2, 0) is 16.0 Å². The topological polar surface area (TPSA) is 120 Å². The number of nitrogens with one attached hydrogen (secondary N) is 1. The third-order valence-electron chi connectivity index (χ3n) is 3.65. The maximum atomic E-state index is 12.7. The van der Waals surface area contributed by atoms with Crippen LogP contribution in [0.1, 0.15) is 16.1 Å². The van der Waals surface area contributed by atoms with Gasteiger partial charge in [0.15, 0.2) is 0 Å². The van der Waals surface area contributed by atoms with Crippen molar-refractivity contribution in [3.8, 4) is 5.69 Å². The van der Waals surface area contributed by atoms with Crippen LogP contribution in [0.5, 0.6) is 0 Å². The molecule has 1 atom stereocenters. The molecular formula is C17H15N5O3S. The van der Waals surface area contributed by atoms with E-state index < -0.39 is 23.6 Å². The van der Waals surface area contributed by atoms with Gasteiger partial charge in [0.25, 0.3) is 11.8 Å². The van der Waals surface area contributed by atoms with Gasteiger partial charge in [-0.1, -0.05) is 0 Å². The molecule has 3 N–H and O–H groups in total. The molecule has 132 valence electrons. The lowest BCUT2D eigenvalue weighted by atomic mass is 10.0. The molecule has 0 saturated heterocycles. The summed E-state index contributed by atoms with van der Waals surface area (Å²) >= 11 is 1.46. The third kappa shape index (κ3) is 3.83. The molecule has 2 amide bonds. The van der Waals surface area contributed by atoms with Crippen LogP contribution >= 0.6 is 11.3 Å². The summed E-state index contributed by atoms with van der Waals surface area (Å²) in [5.41, 5.74) is 6.76. The molecule has 0 spiro atoms. The van der Waals surface area contributed by atoms with E-state index in [4.69, 9.17) is 5.73 Å². The number of carbonyl (C=O) groups is 3. The molecule has 0 radical (unpaired) electrons. The van der Waals surface area contributed by atoms with Gasteiger partial charge >= 0.3 is 0 Å². The van der Waals surface area contributed by atoms with Gasteiger partial charge in [0, 0.05) is 12.6 Å². The van der Waals surface area contributed by atoms with Crippen molar-refractivity contribution in [3.05, 3.63) is 64.9 Å². The summed E-state index contributed by atoms with van der Waals surface area (Å²) in [6.07, 6.45) is 4.81. The number of hydrogen-bond donors (Lipinski definition) is 2. The van der Waals surface area contributed by atoms with Gasteiger partial charge in [0.05, 0.1) is 18.1 Å². The second-order valence-corrected chi connectivity index (χ2v) is 6.21. The van der Waals surface area contributed by atoms with Gasteiger partial charge in [-0.15, -0.1) is 0 Å². The smallest absolute Gasteiger partial charge is 0.287 e. The first kappa shape index (κ1) is 17.5. The largest absolute Gasteiger partial charge is 0.363 e. The van der Waals surface area contributed by atoms with Gasteiger partial charge in [-0.2, -0.15) is 16.4 Å². The minimum absolute atomic E-state index is 0.179. The van der Waals surface area contributed by atoms with Gasteiger partial charge in [0.1, 0.15) is 11.7 Å². The Labute approximate surface area is 152 Å². The number of ketones is 1. The monoisotopic (exact) mass is 369 g/mol. The van der Waals surface area contributed by atoms with Crippen molar-refractivity contribution in [3.63, 3.8) is 0 Å². The summed E-state index contributed by atoms with van der Waals surface area (Å²) in [5, 5.41) is 10.4. The van der Waals surface area contributed by atoms with Gasteiger partial charge in [0.2, 0.25) is 5.78 Å². The number of nitrogens with zero attached hydrogens (tertiary/aromatic N) is 3.